The summed E-state index contributed by atoms with van der Waals surface area (Å²) in [5.41, 5.74) is 3.60. The van der Waals surface area contributed by atoms with E-state index in [4.69, 9.17) is 0 Å². The van der Waals surface area contributed by atoms with Gasteiger partial charge in [0.05, 0.1) is 5.69 Å². The molecule has 1 heterocycles. The van der Waals surface area contributed by atoms with Crippen molar-refractivity contribution in [3.8, 4) is 0 Å². The van der Waals surface area contributed by atoms with Gasteiger partial charge in [-0.05, 0) is 44.0 Å². The molecule has 1 amide bonds. The lowest BCUT2D eigenvalue weighted by Gasteiger charge is -2.08. The van der Waals surface area contributed by atoms with Gasteiger partial charge in [-0.3, -0.25) is 4.79 Å². The van der Waals surface area contributed by atoms with Gasteiger partial charge in [-0.25, -0.2) is 4.39 Å². The number of aryl methyl sites for hydroxylation is 1. The molecule has 0 aliphatic carbocycles. The molecule has 2 aromatic rings. The predicted molar refractivity (Wildman–Crippen MR) is 73.7 cm³/mol. The quantitative estimate of drug-likeness (QED) is 0.903. The highest BCUT2D eigenvalue weighted by Gasteiger charge is 2.10. The minimum absolute atomic E-state index is 0.189. The Morgan fingerprint density at radius 3 is 2.53 bits per heavy atom. The Hall–Kier alpha value is -2.10. The topological polar surface area (TPSA) is 34.0 Å². The number of rotatable bonds is 3. The fourth-order valence-electron chi connectivity index (χ4n) is 2.00. The van der Waals surface area contributed by atoms with Gasteiger partial charge < -0.3 is 9.88 Å². The van der Waals surface area contributed by atoms with Crippen LogP contribution >= 0.6 is 0 Å². The van der Waals surface area contributed by atoms with Gasteiger partial charge in [0.25, 0.3) is 0 Å². The van der Waals surface area contributed by atoms with E-state index in [9.17, 15) is 9.18 Å². The number of nitrogens with one attached hydrogen (secondary N) is 1. The maximum Gasteiger partial charge on any atom is 0.244 e. The molecule has 2 rings (SSSR count). The second-order valence-corrected chi connectivity index (χ2v) is 4.68. The van der Waals surface area contributed by atoms with E-state index in [1.807, 2.05) is 31.5 Å². The van der Waals surface area contributed by atoms with Crippen molar-refractivity contribution in [2.45, 2.75) is 27.3 Å². The number of carbonyl (C=O) groups excluding carboxylic acids is 1. The fourth-order valence-corrected chi connectivity index (χ4v) is 2.00. The maximum atomic E-state index is 13.4. The van der Waals surface area contributed by atoms with E-state index in [2.05, 4.69) is 5.32 Å². The van der Waals surface area contributed by atoms with E-state index in [0.717, 1.165) is 11.3 Å². The van der Waals surface area contributed by atoms with Gasteiger partial charge in [-0.15, -0.1) is 0 Å². The van der Waals surface area contributed by atoms with Crippen LogP contribution in [0.4, 0.5) is 10.1 Å². The van der Waals surface area contributed by atoms with E-state index in [1.165, 1.54) is 11.6 Å². The standard InChI is InChI=1S/C15H17FN2O/c1-10-8-18(12(3)11(10)2)9-15(19)17-14-7-5-4-6-13(14)16/h4-8H,9H2,1-3H3,(H,17,19). The summed E-state index contributed by atoms with van der Waals surface area (Å²) in [5.74, 6) is -0.657. The summed E-state index contributed by atoms with van der Waals surface area (Å²) >= 11 is 0. The van der Waals surface area contributed by atoms with E-state index >= 15 is 0 Å². The molecule has 100 valence electrons. The molecule has 1 aromatic heterocycles. The lowest BCUT2D eigenvalue weighted by molar-refractivity contribution is -0.116. The molecular weight excluding hydrogens is 243 g/mol. The van der Waals surface area contributed by atoms with Crippen molar-refractivity contribution in [3.63, 3.8) is 0 Å². The van der Waals surface area contributed by atoms with E-state index in [-0.39, 0.29) is 18.1 Å². The number of halogens is 1. The van der Waals surface area contributed by atoms with Crippen LogP contribution in [0.2, 0.25) is 0 Å². The first-order valence-electron chi connectivity index (χ1n) is 6.16. The number of nitrogens with zero attached hydrogens (tertiary/aromatic N) is 1. The third kappa shape index (κ3) is 2.84. The average molecular weight is 260 g/mol. The molecular formula is C15H17FN2O. The number of benzene rings is 1. The van der Waals surface area contributed by atoms with Crippen molar-refractivity contribution in [1.82, 2.24) is 4.57 Å². The minimum Gasteiger partial charge on any atom is -0.342 e. The molecule has 0 saturated carbocycles. The lowest BCUT2D eigenvalue weighted by Crippen LogP contribution is -2.19. The average Bonchev–Trinajstić information content (AvgIpc) is 2.60. The summed E-state index contributed by atoms with van der Waals surface area (Å²) in [5, 5.41) is 2.58. The van der Waals surface area contributed by atoms with Gasteiger partial charge >= 0.3 is 0 Å². The Balaban J connectivity index is 2.10. The Morgan fingerprint density at radius 2 is 1.95 bits per heavy atom. The van der Waals surface area contributed by atoms with Crippen LogP contribution in [0.25, 0.3) is 0 Å². The van der Waals surface area contributed by atoms with Gasteiger partial charge in [0, 0.05) is 11.9 Å². The van der Waals surface area contributed by atoms with E-state index < -0.39 is 5.82 Å². The first kappa shape index (κ1) is 13.3. The van der Waals surface area contributed by atoms with Crippen molar-refractivity contribution in [2.24, 2.45) is 0 Å². The zero-order valence-electron chi connectivity index (χ0n) is 11.3. The molecule has 1 N–H and O–H groups in total. The van der Waals surface area contributed by atoms with Crippen LogP contribution < -0.4 is 5.32 Å². The highest BCUT2D eigenvalue weighted by Crippen LogP contribution is 2.16. The van der Waals surface area contributed by atoms with Gasteiger partial charge in [-0.1, -0.05) is 12.1 Å². The molecule has 0 saturated heterocycles. The van der Waals surface area contributed by atoms with E-state index in [0.29, 0.717) is 0 Å². The van der Waals surface area contributed by atoms with Crippen molar-refractivity contribution < 1.29 is 9.18 Å². The number of hydrogen-bond acceptors (Lipinski definition) is 1. The molecule has 0 fully saturated rings. The van der Waals surface area contributed by atoms with Crippen molar-refractivity contribution in [1.29, 1.82) is 0 Å². The Morgan fingerprint density at radius 1 is 1.26 bits per heavy atom. The summed E-state index contributed by atoms with van der Waals surface area (Å²) in [6, 6.07) is 6.15. The summed E-state index contributed by atoms with van der Waals surface area (Å²) < 4.78 is 15.3. The highest BCUT2D eigenvalue weighted by atomic mass is 19.1. The van der Waals surface area contributed by atoms with E-state index in [1.54, 1.807) is 18.2 Å². The third-order valence-electron chi connectivity index (χ3n) is 3.38. The molecule has 0 unspecified atom stereocenters. The number of carbonyl (C=O) groups is 1. The molecule has 0 aliphatic heterocycles. The zero-order valence-corrected chi connectivity index (χ0v) is 11.3. The van der Waals surface area contributed by atoms with Crippen LogP contribution in [0.3, 0.4) is 0 Å². The van der Waals surface area contributed by atoms with Gasteiger partial charge in [-0.2, -0.15) is 0 Å². The van der Waals surface area contributed by atoms with Crippen LogP contribution in [-0.4, -0.2) is 10.5 Å². The molecule has 0 bridgehead atoms. The van der Waals surface area contributed by atoms with Crippen molar-refractivity contribution in [3.05, 3.63) is 53.1 Å². The largest absolute Gasteiger partial charge is 0.342 e. The molecule has 0 aliphatic rings. The third-order valence-corrected chi connectivity index (χ3v) is 3.38. The number of hydrogen-bond donors (Lipinski definition) is 1. The lowest BCUT2D eigenvalue weighted by atomic mass is 10.2. The summed E-state index contributed by atoms with van der Waals surface area (Å²) in [7, 11) is 0. The molecule has 19 heavy (non-hydrogen) atoms. The molecule has 1 aromatic carbocycles. The Labute approximate surface area is 112 Å². The highest BCUT2D eigenvalue weighted by molar-refractivity contribution is 5.90. The van der Waals surface area contributed by atoms with Crippen molar-refractivity contribution in [2.75, 3.05) is 5.32 Å². The van der Waals surface area contributed by atoms with Gasteiger partial charge in [0.15, 0.2) is 0 Å². The first-order valence-corrected chi connectivity index (χ1v) is 6.16. The monoisotopic (exact) mass is 260 g/mol. The van der Waals surface area contributed by atoms with Crippen LogP contribution in [0, 0.1) is 26.6 Å². The first-order chi connectivity index (χ1) is 8.99. The number of para-hydroxylation sites is 1. The second-order valence-electron chi connectivity index (χ2n) is 4.68. The number of anilines is 1. The fraction of sp³-hybridized carbons (Fsp3) is 0.267. The molecule has 3 nitrogen and oxygen atoms in total. The molecule has 0 radical (unpaired) electrons. The zero-order chi connectivity index (χ0) is 14.0. The molecule has 0 atom stereocenters. The maximum absolute atomic E-state index is 13.4. The van der Waals surface area contributed by atoms with Gasteiger partial charge in [0.2, 0.25) is 5.91 Å². The summed E-state index contributed by atoms with van der Waals surface area (Å²) in [4.78, 5) is 11.9. The van der Waals surface area contributed by atoms with Crippen LogP contribution in [-0.2, 0) is 11.3 Å². The Bertz CT molecular complexity index is 617. The predicted octanol–water partition coefficient (Wildman–Crippen LogP) is 3.19. The SMILES string of the molecule is Cc1cn(CC(=O)Nc2ccccc2F)c(C)c1C. The smallest absolute Gasteiger partial charge is 0.244 e. The van der Waals surface area contributed by atoms with Crippen LogP contribution in [0.1, 0.15) is 16.8 Å². The van der Waals surface area contributed by atoms with Crippen molar-refractivity contribution >= 4 is 11.6 Å². The number of amides is 1. The number of aromatic nitrogens is 1. The summed E-state index contributed by atoms with van der Waals surface area (Å²) in [6.07, 6.45) is 1.94. The minimum atomic E-state index is -0.424. The normalized spacial score (nSPS) is 10.5. The molecule has 4 heteroatoms. The van der Waals surface area contributed by atoms with Gasteiger partial charge in [0.1, 0.15) is 12.4 Å². The van der Waals surface area contributed by atoms with Crippen LogP contribution in [0.5, 0.6) is 0 Å². The summed E-state index contributed by atoms with van der Waals surface area (Å²) in [6.45, 7) is 6.19. The van der Waals surface area contributed by atoms with Crippen LogP contribution in [0.15, 0.2) is 30.5 Å². The molecule has 0 spiro atoms. The Kier molecular flexibility index (Phi) is 3.69. The second kappa shape index (κ2) is 5.26.